The number of ether oxygens (including phenoxy) is 2. The minimum atomic E-state index is 0.118. The lowest BCUT2D eigenvalue weighted by Crippen LogP contribution is -2.30. The number of rotatable bonds is 8. The van der Waals surface area contributed by atoms with Crippen LogP contribution >= 0.6 is 0 Å². The summed E-state index contributed by atoms with van der Waals surface area (Å²) in [4.78, 5) is 14.1. The number of methoxy groups -OCH3 is 1. The molecule has 0 aliphatic heterocycles. The highest BCUT2D eigenvalue weighted by atomic mass is 16.5. The van der Waals surface area contributed by atoms with Crippen molar-refractivity contribution in [3.63, 3.8) is 0 Å². The summed E-state index contributed by atoms with van der Waals surface area (Å²) in [6, 6.07) is 15.6. The van der Waals surface area contributed by atoms with E-state index in [2.05, 4.69) is 0 Å². The molecule has 2 aromatic carbocycles. The number of carbonyl (C=O) groups is 1. The van der Waals surface area contributed by atoms with Gasteiger partial charge >= 0.3 is 0 Å². The van der Waals surface area contributed by atoms with Gasteiger partial charge in [0.2, 0.25) is 5.91 Å². The van der Waals surface area contributed by atoms with E-state index in [4.69, 9.17) is 9.47 Å². The number of hydrogen-bond acceptors (Lipinski definition) is 3. The molecule has 0 saturated heterocycles. The van der Waals surface area contributed by atoms with Crippen molar-refractivity contribution in [2.75, 3.05) is 27.3 Å². The number of carbonyl (C=O) groups excluding carboxylic acids is 1. The fourth-order valence-corrected chi connectivity index (χ4v) is 2.39. The summed E-state index contributed by atoms with van der Waals surface area (Å²) in [5, 5.41) is 0. The summed E-state index contributed by atoms with van der Waals surface area (Å²) in [6.07, 6.45) is 1.24. The lowest BCUT2D eigenvalue weighted by molar-refractivity contribution is -0.129. The molecule has 0 aromatic heterocycles. The molecule has 0 fully saturated rings. The van der Waals surface area contributed by atoms with Crippen LogP contribution < -0.4 is 9.47 Å². The van der Waals surface area contributed by atoms with Crippen LogP contribution in [0.3, 0.4) is 0 Å². The molecular weight excluding hydrogens is 302 g/mol. The minimum absolute atomic E-state index is 0.118. The van der Waals surface area contributed by atoms with E-state index in [1.807, 2.05) is 62.5 Å². The molecular formula is C20H25NO3. The first kappa shape index (κ1) is 17.9. The van der Waals surface area contributed by atoms with Gasteiger partial charge in [-0.3, -0.25) is 4.79 Å². The summed E-state index contributed by atoms with van der Waals surface area (Å²) < 4.78 is 10.6. The first-order valence-electron chi connectivity index (χ1n) is 8.21. The third-order valence-corrected chi connectivity index (χ3v) is 3.91. The second kappa shape index (κ2) is 8.96. The maximum Gasteiger partial charge on any atom is 0.226 e. The first-order chi connectivity index (χ1) is 11.6. The van der Waals surface area contributed by atoms with Gasteiger partial charge in [0.25, 0.3) is 0 Å². The third-order valence-electron chi connectivity index (χ3n) is 3.91. The summed E-state index contributed by atoms with van der Waals surface area (Å²) in [5.41, 5.74) is 2.19. The van der Waals surface area contributed by atoms with Gasteiger partial charge in [-0.1, -0.05) is 24.3 Å². The van der Waals surface area contributed by atoms with Gasteiger partial charge in [-0.05, 0) is 48.7 Å². The van der Waals surface area contributed by atoms with Gasteiger partial charge < -0.3 is 14.4 Å². The minimum Gasteiger partial charge on any atom is -0.497 e. The number of benzene rings is 2. The molecule has 0 N–H and O–H groups in total. The van der Waals surface area contributed by atoms with E-state index in [-0.39, 0.29) is 5.91 Å². The lowest BCUT2D eigenvalue weighted by atomic mass is 10.1. The van der Waals surface area contributed by atoms with Gasteiger partial charge in [0.1, 0.15) is 11.5 Å². The number of nitrogens with zero attached hydrogens (tertiary/aromatic N) is 1. The SMILES string of the molecule is CCOc1ccc(CC(=O)N(C)CCc2ccc(OC)cc2)cc1. The zero-order chi connectivity index (χ0) is 17.4. The molecule has 24 heavy (non-hydrogen) atoms. The van der Waals surface area contributed by atoms with Crippen molar-refractivity contribution in [3.8, 4) is 11.5 Å². The van der Waals surface area contributed by atoms with Crippen LogP contribution in [0.15, 0.2) is 48.5 Å². The Morgan fingerprint density at radius 1 is 0.958 bits per heavy atom. The molecule has 0 radical (unpaired) electrons. The largest absolute Gasteiger partial charge is 0.497 e. The van der Waals surface area contributed by atoms with E-state index >= 15 is 0 Å². The van der Waals surface area contributed by atoms with Crippen LogP contribution in [0.4, 0.5) is 0 Å². The maximum atomic E-state index is 12.3. The lowest BCUT2D eigenvalue weighted by Gasteiger charge is -2.17. The summed E-state index contributed by atoms with van der Waals surface area (Å²) >= 11 is 0. The van der Waals surface area contributed by atoms with E-state index in [9.17, 15) is 4.79 Å². The molecule has 0 saturated carbocycles. The molecule has 0 heterocycles. The third kappa shape index (κ3) is 5.30. The van der Waals surface area contributed by atoms with Crippen LogP contribution in [-0.4, -0.2) is 38.1 Å². The van der Waals surface area contributed by atoms with Gasteiger partial charge in [-0.2, -0.15) is 0 Å². The summed E-state index contributed by atoms with van der Waals surface area (Å²) in [5.74, 6) is 1.80. The average Bonchev–Trinajstić information content (AvgIpc) is 2.62. The Morgan fingerprint density at radius 3 is 2.12 bits per heavy atom. The Bertz CT molecular complexity index is 635. The highest BCUT2D eigenvalue weighted by molar-refractivity contribution is 5.78. The van der Waals surface area contributed by atoms with Crippen molar-refractivity contribution in [2.45, 2.75) is 19.8 Å². The van der Waals surface area contributed by atoms with Crippen LogP contribution in [0.1, 0.15) is 18.1 Å². The van der Waals surface area contributed by atoms with Crippen molar-refractivity contribution < 1.29 is 14.3 Å². The molecule has 4 heteroatoms. The topological polar surface area (TPSA) is 38.8 Å². The van der Waals surface area contributed by atoms with Crippen LogP contribution in [0.2, 0.25) is 0 Å². The highest BCUT2D eigenvalue weighted by Crippen LogP contribution is 2.14. The molecule has 0 bridgehead atoms. The van der Waals surface area contributed by atoms with Crippen LogP contribution in [0.25, 0.3) is 0 Å². The molecule has 1 amide bonds. The van der Waals surface area contributed by atoms with E-state index in [0.717, 1.165) is 23.5 Å². The van der Waals surface area contributed by atoms with Crippen molar-refractivity contribution in [3.05, 3.63) is 59.7 Å². The molecule has 0 aliphatic carbocycles. The predicted octanol–water partition coefficient (Wildman–Crippen LogP) is 3.34. The average molecular weight is 327 g/mol. The molecule has 4 nitrogen and oxygen atoms in total. The van der Waals surface area contributed by atoms with E-state index in [0.29, 0.717) is 19.6 Å². The van der Waals surface area contributed by atoms with Crippen LogP contribution in [-0.2, 0) is 17.6 Å². The smallest absolute Gasteiger partial charge is 0.226 e. The molecule has 128 valence electrons. The Morgan fingerprint density at radius 2 is 1.54 bits per heavy atom. The van der Waals surface area contributed by atoms with Gasteiger partial charge in [0.15, 0.2) is 0 Å². The second-order valence-corrected chi connectivity index (χ2v) is 5.67. The highest BCUT2D eigenvalue weighted by Gasteiger charge is 2.10. The van der Waals surface area contributed by atoms with Gasteiger partial charge in [0.05, 0.1) is 20.1 Å². The first-order valence-corrected chi connectivity index (χ1v) is 8.21. The normalized spacial score (nSPS) is 10.3. The van der Waals surface area contributed by atoms with E-state index in [1.54, 1.807) is 12.0 Å². The van der Waals surface area contributed by atoms with Gasteiger partial charge in [-0.25, -0.2) is 0 Å². The number of likely N-dealkylation sites (N-methyl/N-ethyl adjacent to an activating group) is 1. The van der Waals surface area contributed by atoms with Crippen molar-refractivity contribution in [1.29, 1.82) is 0 Å². The second-order valence-electron chi connectivity index (χ2n) is 5.67. The molecule has 2 rings (SSSR count). The van der Waals surface area contributed by atoms with Crippen molar-refractivity contribution in [2.24, 2.45) is 0 Å². The monoisotopic (exact) mass is 327 g/mol. The van der Waals surface area contributed by atoms with E-state index in [1.165, 1.54) is 5.56 Å². The quantitative estimate of drug-likeness (QED) is 0.746. The Labute approximate surface area is 144 Å². The Balaban J connectivity index is 1.82. The Kier molecular flexibility index (Phi) is 6.67. The molecule has 0 atom stereocenters. The summed E-state index contributed by atoms with van der Waals surface area (Å²) in [7, 11) is 3.50. The molecule has 0 unspecified atom stereocenters. The van der Waals surface area contributed by atoms with Gasteiger partial charge in [-0.15, -0.1) is 0 Å². The molecule has 0 aliphatic rings. The fraction of sp³-hybridized carbons (Fsp3) is 0.350. The molecule has 0 spiro atoms. The van der Waals surface area contributed by atoms with Gasteiger partial charge in [0, 0.05) is 13.6 Å². The summed E-state index contributed by atoms with van der Waals surface area (Å²) in [6.45, 7) is 3.30. The fourth-order valence-electron chi connectivity index (χ4n) is 2.39. The maximum absolute atomic E-state index is 12.3. The molecule has 2 aromatic rings. The zero-order valence-electron chi connectivity index (χ0n) is 14.6. The Hall–Kier alpha value is -2.49. The van der Waals surface area contributed by atoms with Crippen LogP contribution in [0.5, 0.6) is 11.5 Å². The van der Waals surface area contributed by atoms with Crippen molar-refractivity contribution >= 4 is 5.91 Å². The number of hydrogen-bond donors (Lipinski definition) is 0. The van der Waals surface area contributed by atoms with Crippen LogP contribution in [0, 0.1) is 0 Å². The zero-order valence-corrected chi connectivity index (χ0v) is 14.6. The standard InChI is InChI=1S/C20H25NO3/c1-4-24-19-11-7-17(8-12-19)15-20(22)21(2)14-13-16-5-9-18(23-3)10-6-16/h5-12H,4,13-15H2,1-3H3. The number of amides is 1. The predicted molar refractivity (Wildman–Crippen MR) is 95.7 cm³/mol. The van der Waals surface area contributed by atoms with E-state index < -0.39 is 0 Å². The van der Waals surface area contributed by atoms with Crippen molar-refractivity contribution in [1.82, 2.24) is 4.90 Å².